The lowest BCUT2D eigenvalue weighted by atomic mass is 9.97. The zero-order valence-electron chi connectivity index (χ0n) is 14.4. The van der Waals surface area contributed by atoms with Crippen molar-refractivity contribution in [2.24, 2.45) is 5.92 Å². The van der Waals surface area contributed by atoms with Crippen molar-refractivity contribution in [2.75, 3.05) is 56.7 Å². The number of rotatable bonds is 5. The van der Waals surface area contributed by atoms with Crippen LogP contribution in [-0.4, -0.2) is 72.9 Å². The third-order valence-electron chi connectivity index (χ3n) is 5.28. The highest BCUT2D eigenvalue weighted by molar-refractivity contribution is 5.51. The largest absolute Gasteiger partial charge is 0.394 e. The van der Waals surface area contributed by atoms with Gasteiger partial charge in [-0.25, -0.2) is 9.97 Å². The third-order valence-corrected chi connectivity index (χ3v) is 5.28. The molecule has 6 heteroatoms. The van der Waals surface area contributed by atoms with Gasteiger partial charge in [-0.2, -0.15) is 0 Å². The lowest BCUT2D eigenvalue weighted by Gasteiger charge is -2.32. The van der Waals surface area contributed by atoms with Crippen LogP contribution in [0.2, 0.25) is 0 Å². The fraction of sp³-hybridized carbons (Fsp3) is 0.765. The molecule has 3 rings (SSSR count). The zero-order chi connectivity index (χ0) is 16.2. The van der Waals surface area contributed by atoms with E-state index in [1.165, 1.54) is 25.9 Å². The first-order valence-corrected chi connectivity index (χ1v) is 8.76. The van der Waals surface area contributed by atoms with Crippen LogP contribution in [0.15, 0.2) is 12.4 Å². The molecule has 0 spiro atoms. The van der Waals surface area contributed by atoms with Gasteiger partial charge in [0.25, 0.3) is 0 Å². The summed E-state index contributed by atoms with van der Waals surface area (Å²) >= 11 is 0. The van der Waals surface area contributed by atoms with Crippen LogP contribution >= 0.6 is 0 Å². The van der Waals surface area contributed by atoms with E-state index in [9.17, 15) is 5.11 Å². The summed E-state index contributed by atoms with van der Waals surface area (Å²) in [4.78, 5) is 15.8. The molecule has 0 bridgehead atoms. The van der Waals surface area contributed by atoms with Crippen LogP contribution in [0.4, 0.5) is 11.6 Å². The van der Waals surface area contributed by atoms with Crippen molar-refractivity contribution in [2.45, 2.75) is 31.7 Å². The van der Waals surface area contributed by atoms with Crippen molar-refractivity contribution < 1.29 is 5.11 Å². The Labute approximate surface area is 139 Å². The van der Waals surface area contributed by atoms with Crippen LogP contribution in [0.25, 0.3) is 0 Å². The Hall–Kier alpha value is -1.40. The number of hydrogen-bond acceptors (Lipinski definition) is 6. The maximum atomic E-state index is 9.51. The van der Waals surface area contributed by atoms with Crippen molar-refractivity contribution in [3.8, 4) is 0 Å². The van der Waals surface area contributed by atoms with E-state index in [0.29, 0.717) is 0 Å². The summed E-state index contributed by atoms with van der Waals surface area (Å²) in [5.41, 5.74) is 0. The molecule has 0 aliphatic carbocycles. The average Bonchev–Trinajstić information content (AvgIpc) is 3.06. The van der Waals surface area contributed by atoms with Crippen molar-refractivity contribution >= 4 is 11.6 Å². The Morgan fingerprint density at radius 1 is 1.22 bits per heavy atom. The first-order chi connectivity index (χ1) is 11.2. The van der Waals surface area contributed by atoms with Gasteiger partial charge in [0.1, 0.15) is 18.0 Å². The van der Waals surface area contributed by atoms with Crippen LogP contribution in [0.1, 0.15) is 25.7 Å². The van der Waals surface area contributed by atoms with Gasteiger partial charge < -0.3 is 19.8 Å². The smallest absolute Gasteiger partial charge is 0.134 e. The molecule has 2 aliphatic heterocycles. The van der Waals surface area contributed by atoms with E-state index in [-0.39, 0.29) is 12.6 Å². The molecular formula is C17H29N5O. The molecule has 2 saturated heterocycles. The monoisotopic (exact) mass is 319 g/mol. The third kappa shape index (κ3) is 3.93. The Morgan fingerprint density at radius 3 is 2.74 bits per heavy atom. The standard InChI is InChI=1S/C17H29N5O/c1-20-8-5-14(6-9-20)11-21(2)16-10-17(19-13-18-16)22-7-3-4-15(22)12-23/h10,13-15,23H,3-9,11-12H2,1-2H3/t15-/m0/s1. The van der Waals surface area contributed by atoms with E-state index in [1.807, 2.05) is 0 Å². The number of nitrogens with zero attached hydrogens (tertiary/aromatic N) is 5. The van der Waals surface area contributed by atoms with Crippen LogP contribution < -0.4 is 9.80 Å². The Bertz CT molecular complexity index is 504. The second-order valence-corrected chi connectivity index (χ2v) is 7.03. The highest BCUT2D eigenvalue weighted by atomic mass is 16.3. The number of anilines is 2. The zero-order valence-corrected chi connectivity index (χ0v) is 14.4. The second kappa shape index (κ2) is 7.45. The van der Waals surface area contributed by atoms with Gasteiger partial charge in [0.05, 0.1) is 12.6 Å². The molecular weight excluding hydrogens is 290 g/mol. The van der Waals surface area contributed by atoms with Crippen molar-refractivity contribution in [1.29, 1.82) is 0 Å². The minimum Gasteiger partial charge on any atom is -0.394 e. The fourth-order valence-electron chi connectivity index (χ4n) is 3.76. The quantitative estimate of drug-likeness (QED) is 0.880. The van der Waals surface area contributed by atoms with Gasteiger partial charge in [-0.15, -0.1) is 0 Å². The van der Waals surface area contributed by atoms with Gasteiger partial charge in [-0.1, -0.05) is 0 Å². The predicted molar refractivity (Wildman–Crippen MR) is 93.0 cm³/mol. The normalized spacial score (nSPS) is 23.4. The molecule has 1 aromatic rings. The Morgan fingerprint density at radius 2 is 2.00 bits per heavy atom. The van der Waals surface area contributed by atoms with Crippen molar-refractivity contribution in [1.82, 2.24) is 14.9 Å². The van der Waals surface area contributed by atoms with Gasteiger partial charge in [0.2, 0.25) is 0 Å². The minimum atomic E-state index is 0.199. The van der Waals surface area contributed by atoms with Gasteiger partial charge in [-0.3, -0.25) is 0 Å². The summed E-state index contributed by atoms with van der Waals surface area (Å²) in [7, 11) is 4.32. The van der Waals surface area contributed by atoms with E-state index in [2.05, 4.69) is 44.8 Å². The maximum absolute atomic E-state index is 9.51. The number of piperidine rings is 1. The molecule has 0 radical (unpaired) electrons. The molecule has 0 unspecified atom stereocenters. The van der Waals surface area contributed by atoms with E-state index < -0.39 is 0 Å². The summed E-state index contributed by atoms with van der Waals surface area (Å²) in [6, 6.07) is 2.28. The molecule has 23 heavy (non-hydrogen) atoms. The van der Waals surface area contributed by atoms with E-state index in [1.54, 1.807) is 6.33 Å². The molecule has 0 saturated carbocycles. The molecule has 1 atom stereocenters. The Balaban J connectivity index is 1.64. The van der Waals surface area contributed by atoms with Gasteiger partial charge in [0.15, 0.2) is 0 Å². The lowest BCUT2D eigenvalue weighted by molar-refractivity contribution is 0.222. The number of hydrogen-bond donors (Lipinski definition) is 1. The van der Waals surface area contributed by atoms with E-state index >= 15 is 0 Å². The minimum absolute atomic E-state index is 0.199. The predicted octanol–water partition coefficient (Wildman–Crippen LogP) is 1.22. The lowest BCUT2D eigenvalue weighted by Crippen LogP contribution is -2.36. The van der Waals surface area contributed by atoms with Gasteiger partial charge in [0, 0.05) is 26.2 Å². The molecule has 2 aliphatic rings. The van der Waals surface area contributed by atoms with Gasteiger partial charge in [-0.05, 0) is 51.7 Å². The summed E-state index contributed by atoms with van der Waals surface area (Å²) in [5.74, 6) is 2.67. The maximum Gasteiger partial charge on any atom is 0.134 e. The number of aromatic nitrogens is 2. The highest BCUT2D eigenvalue weighted by Gasteiger charge is 2.25. The first-order valence-electron chi connectivity index (χ1n) is 8.76. The van der Waals surface area contributed by atoms with Crippen LogP contribution in [0, 0.1) is 5.92 Å². The van der Waals surface area contributed by atoms with Gasteiger partial charge >= 0.3 is 0 Å². The number of aliphatic hydroxyl groups is 1. The second-order valence-electron chi connectivity index (χ2n) is 7.03. The van der Waals surface area contributed by atoms with Crippen LogP contribution in [0.5, 0.6) is 0 Å². The summed E-state index contributed by atoms with van der Waals surface area (Å²) < 4.78 is 0. The highest BCUT2D eigenvalue weighted by Crippen LogP contribution is 2.26. The Kier molecular flexibility index (Phi) is 5.33. The van der Waals surface area contributed by atoms with E-state index in [4.69, 9.17) is 0 Å². The number of likely N-dealkylation sites (tertiary alicyclic amines) is 1. The molecule has 0 amide bonds. The molecule has 3 heterocycles. The molecule has 0 aromatic carbocycles. The first kappa shape index (κ1) is 16.5. The SMILES string of the molecule is CN1CCC(CN(C)c2cc(N3CCC[C@H]3CO)ncn2)CC1. The summed E-state index contributed by atoms with van der Waals surface area (Å²) in [5, 5.41) is 9.51. The fourth-order valence-corrected chi connectivity index (χ4v) is 3.76. The topological polar surface area (TPSA) is 55.7 Å². The summed E-state index contributed by atoms with van der Waals surface area (Å²) in [6.45, 7) is 4.61. The van der Waals surface area contributed by atoms with Crippen LogP contribution in [-0.2, 0) is 0 Å². The van der Waals surface area contributed by atoms with Crippen molar-refractivity contribution in [3.05, 3.63) is 12.4 Å². The van der Waals surface area contributed by atoms with E-state index in [0.717, 1.165) is 43.5 Å². The number of aliphatic hydroxyl groups excluding tert-OH is 1. The molecule has 1 aromatic heterocycles. The molecule has 2 fully saturated rings. The molecule has 6 nitrogen and oxygen atoms in total. The summed E-state index contributed by atoms with van der Waals surface area (Å²) in [6.07, 6.45) is 6.34. The molecule has 128 valence electrons. The van der Waals surface area contributed by atoms with Crippen LogP contribution in [0.3, 0.4) is 0 Å². The average molecular weight is 319 g/mol. The molecule has 1 N–H and O–H groups in total. The van der Waals surface area contributed by atoms with Crippen molar-refractivity contribution in [3.63, 3.8) is 0 Å².